The van der Waals surface area contributed by atoms with Crippen molar-refractivity contribution in [2.24, 2.45) is 0 Å². The molecule has 2 rings (SSSR count). The number of thiazole rings is 1. The average Bonchev–Trinajstić information content (AvgIpc) is 2.85. The van der Waals surface area contributed by atoms with Gasteiger partial charge in [-0.2, -0.15) is 0 Å². The van der Waals surface area contributed by atoms with Crippen LogP contribution in [-0.2, 0) is 6.42 Å². The maximum absolute atomic E-state index is 5.45. The molecule has 20 heavy (non-hydrogen) atoms. The van der Waals surface area contributed by atoms with E-state index in [4.69, 9.17) is 4.74 Å². The van der Waals surface area contributed by atoms with Crippen LogP contribution in [0.4, 0.5) is 0 Å². The number of hydrogen-bond donors (Lipinski definition) is 1. The molecule has 1 unspecified atom stereocenters. The second-order valence-electron chi connectivity index (χ2n) is 4.56. The van der Waals surface area contributed by atoms with Gasteiger partial charge in [0.15, 0.2) is 0 Å². The zero-order chi connectivity index (χ0) is 14.5. The topological polar surface area (TPSA) is 34.1 Å². The molecule has 1 N–H and O–H groups in total. The predicted molar refractivity (Wildman–Crippen MR) is 87.7 cm³/mol. The van der Waals surface area contributed by atoms with Crippen molar-refractivity contribution in [3.63, 3.8) is 0 Å². The number of nitrogens with one attached hydrogen (secondary N) is 1. The first-order valence-corrected chi connectivity index (χ1v) is 8.29. The van der Waals surface area contributed by atoms with E-state index >= 15 is 0 Å². The first-order valence-electron chi connectivity index (χ1n) is 6.61. The Kier molecular flexibility index (Phi) is 5.57. The lowest BCUT2D eigenvalue weighted by molar-refractivity contribution is 0.405. The molecule has 1 aromatic carbocycles. The summed E-state index contributed by atoms with van der Waals surface area (Å²) < 4.78 is 6.52. The van der Waals surface area contributed by atoms with Crippen LogP contribution in [0.5, 0.6) is 5.75 Å². The Labute approximate surface area is 132 Å². The zero-order valence-corrected chi connectivity index (χ0v) is 14.3. The third kappa shape index (κ3) is 3.81. The van der Waals surface area contributed by atoms with Crippen molar-refractivity contribution in [1.82, 2.24) is 10.3 Å². The summed E-state index contributed by atoms with van der Waals surface area (Å²) in [5.41, 5.74) is 2.29. The van der Waals surface area contributed by atoms with E-state index in [9.17, 15) is 0 Å². The van der Waals surface area contributed by atoms with Crippen molar-refractivity contribution >= 4 is 27.3 Å². The third-order valence-corrected chi connectivity index (χ3v) is 4.40. The van der Waals surface area contributed by atoms with Crippen molar-refractivity contribution in [1.29, 1.82) is 0 Å². The molecule has 0 saturated carbocycles. The summed E-state index contributed by atoms with van der Waals surface area (Å²) in [5, 5.41) is 6.74. The van der Waals surface area contributed by atoms with E-state index in [1.807, 2.05) is 19.1 Å². The molecule has 0 aliphatic rings. The largest absolute Gasteiger partial charge is 0.496 e. The van der Waals surface area contributed by atoms with E-state index in [0.717, 1.165) is 33.9 Å². The molecule has 2 aromatic rings. The molecule has 0 amide bonds. The van der Waals surface area contributed by atoms with Crippen LogP contribution in [0.25, 0.3) is 0 Å². The van der Waals surface area contributed by atoms with E-state index in [1.54, 1.807) is 18.4 Å². The van der Waals surface area contributed by atoms with E-state index in [-0.39, 0.29) is 6.04 Å². The molecule has 0 fully saturated rings. The third-order valence-electron chi connectivity index (χ3n) is 3.11. The number of likely N-dealkylation sites (N-methyl/N-ethyl adjacent to an activating group) is 1. The summed E-state index contributed by atoms with van der Waals surface area (Å²) in [6, 6.07) is 6.32. The number of rotatable bonds is 6. The molecule has 5 heteroatoms. The molecule has 0 radical (unpaired) electrons. The Morgan fingerprint density at radius 1 is 1.45 bits per heavy atom. The summed E-state index contributed by atoms with van der Waals surface area (Å²) in [6.07, 6.45) is 0.861. The number of methoxy groups -OCH3 is 1. The number of nitrogens with zero attached hydrogens (tertiary/aromatic N) is 1. The highest BCUT2D eigenvalue weighted by Crippen LogP contribution is 2.28. The highest BCUT2D eigenvalue weighted by atomic mass is 79.9. The Hall–Kier alpha value is -0.910. The molecule has 1 atom stereocenters. The normalized spacial score (nSPS) is 12.4. The fraction of sp³-hybridized carbons (Fsp3) is 0.400. The molecule has 0 spiro atoms. The summed E-state index contributed by atoms with van der Waals surface area (Å²) in [7, 11) is 1.71. The molecule has 0 saturated heterocycles. The minimum absolute atomic E-state index is 0.216. The first kappa shape index (κ1) is 15.5. The van der Waals surface area contributed by atoms with Gasteiger partial charge in [-0.25, -0.2) is 4.98 Å². The molecule has 0 aliphatic heterocycles. The second-order valence-corrected chi connectivity index (χ2v) is 6.54. The van der Waals surface area contributed by atoms with Gasteiger partial charge in [0.1, 0.15) is 5.75 Å². The summed E-state index contributed by atoms with van der Waals surface area (Å²) in [5.74, 6) is 0.919. The lowest BCUT2D eigenvalue weighted by Gasteiger charge is -2.18. The molecule has 108 valence electrons. The highest BCUT2D eigenvalue weighted by Gasteiger charge is 2.16. The van der Waals surface area contributed by atoms with E-state index in [2.05, 4.69) is 44.6 Å². The van der Waals surface area contributed by atoms with Crippen LogP contribution in [0.1, 0.15) is 29.2 Å². The summed E-state index contributed by atoms with van der Waals surface area (Å²) in [6.45, 7) is 5.07. The number of hydrogen-bond acceptors (Lipinski definition) is 4. The van der Waals surface area contributed by atoms with Crippen LogP contribution < -0.4 is 10.1 Å². The van der Waals surface area contributed by atoms with Gasteiger partial charge in [-0.1, -0.05) is 22.9 Å². The quantitative estimate of drug-likeness (QED) is 0.847. The van der Waals surface area contributed by atoms with Gasteiger partial charge >= 0.3 is 0 Å². The standard InChI is InChI=1S/C15H19BrN2OS/c1-4-17-13(14-9-20-10(2)18-14)8-11-7-12(16)5-6-15(11)19-3/h5-7,9,13,17H,4,8H2,1-3H3. The van der Waals surface area contributed by atoms with Gasteiger partial charge in [-0.05, 0) is 43.7 Å². The number of aryl methyl sites for hydroxylation is 1. The predicted octanol–water partition coefficient (Wildman–Crippen LogP) is 4.12. The Morgan fingerprint density at radius 3 is 2.85 bits per heavy atom. The highest BCUT2D eigenvalue weighted by molar-refractivity contribution is 9.10. The average molecular weight is 355 g/mol. The maximum atomic E-state index is 5.45. The van der Waals surface area contributed by atoms with Crippen LogP contribution in [0.3, 0.4) is 0 Å². The minimum Gasteiger partial charge on any atom is -0.496 e. The van der Waals surface area contributed by atoms with Crippen molar-refractivity contribution in [2.75, 3.05) is 13.7 Å². The molecular weight excluding hydrogens is 336 g/mol. The van der Waals surface area contributed by atoms with Crippen LogP contribution in [0.2, 0.25) is 0 Å². The Morgan fingerprint density at radius 2 is 2.25 bits per heavy atom. The SMILES string of the molecule is CCNC(Cc1cc(Br)ccc1OC)c1csc(C)n1. The van der Waals surface area contributed by atoms with Gasteiger partial charge in [-0.15, -0.1) is 11.3 Å². The molecule has 1 heterocycles. The lowest BCUT2D eigenvalue weighted by Crippen LogP contribution is -2.23. The molecule has 0 aliphatic carbocycles. The number of halogens is 1. The van der Waals surface area contributed by atoms with Crippen LogP contribution in [0.15, 0.2) is 28.1 Å². The van der Waals surface area contributed by atoms with Crippen molar-refractivity contribution < 1.29 is 4.74 Å². The number of aromatic nitrogens is 1. The molecular formula is C15H19BrN2OS. The van der Waals surface area contributed by atoms with E-state index in [0.29, 0.717) is 0 Å². The second kappa shape index (κ2) is 7.20. The molecule has 0 bridgehead atoms. The van der Waals surface area contributed by atoms with Gasteiger partial charge in [0.05, 0.1) is 23.9 Å². The van der Waals surface area contributed by atoms with Gasteiger partial charge in [0.2, 0.25) is 0 Å². The van der Waals surface area contributed by atoms with Gasteiger partial charge in [-0.3, -0.25) is 0 Å². The van der Waals surface area contributed by atoms with Crippen molar-refractivity contribution in [3.8, 4) is 5.75 Å². The maximum Gasteiger partial charge on any atom is 0.122 e. The van der Waals surface area contributed by atoms with Gasteiger partial charge in [0, 0.05) is 9.85 Å². The Balaban J connectivity index is 2.26. The fourth-order valence-electron chi connectivity index (χ4n) is 2.19. The number of ether oxygens (including phenoxy) is 1. The van der Waals surface area contributed by atoms with Crippen molar-refractivity contribution in [3.05, 3.63) is 44.3 Å². The van der Waals surface area contributed by atoms with Crippen molar-refractivity contribution in [2.45, 2.75) is 26.3 Å². The molecule has 3 nitrogen and oxygen atoms in total. The minimum atomic E-state index is 0.216. The zero-order valence-electron chi connectivity index (χ0n) is 11.9. The summed E-state index contributed by atoms with van der Waals surface area (Å²) >= 11 is 5.22. The molecule has 1 aromatic heterocycles. The van der Waals surface area contributed by atoms with Crippen LogP contribution in [0, 0.1) is 6.92 Å². The van der Waals surface area contributed by atoms with E-state index < -0.39 is 0 Å². The van der Waals surface area contributed by atoms with Crippen LogP contribution >= 0.6 is 27.3 Å². The summed E-state index contributed by atoms with van der Waals surface area (Å²) in [4.78, 5) is 4.61. The monoisotopic (exact) mass is 354 g/mol. The van der Waals surface area contributed by atoms with E-state index in [1.165, 1.54) is 5.56 Å². The Bertz CT molecular complexity index is 571. The fourth-order valence-corrected chi connectivity index (χ4v) is 3.27. The number of benzene rings is 1. The lowest BCUT2D eigenvalue weighted by atomic mass is 10.0. The van der Waals surface area contributed by atoms with Gasteiger partial charge in [0.25, 0.3) is 0 Å². The first-order chi connectivity index (χ1) is 9.63. The van der Waals surface area contributed by atoms with Crippen LogP contribution in [-0.4, -0.2) is 18.6 Å². The smallest absolute Gasteiger partial charge is 0.122 e. The van der Waals surface area contributed by atoms with Gasteiger partial charge < -0.3 is 10.1 Å².